The highest BCUT2D eigenvalue weighted by Gasteiger charge is 2.27. The third-order valence-electron chi connectivity index (χ3n) is 4.73. The first-order chi connectivity index (χ1) is 15.3. The Kier molecular flexibility index (Phi) is 6.54. The average Bonchev–Trinajstić information content (AvgIpc) is 3.24. The molecule has 0 saturated carbocycles. The summed E-state index contributed by atoms with van der Waals surface area (Å²) < 4.78 is 58.8. The maximum atomic E-state index is 13.5. The number of nitrogens with one attached hydrogen (secondary N) is 1. The van der Waals surface area contributed by atoms with Crippen LogP contribution in [0.3, 0.4) is 0 Å². The Balaban J connectivity index is 1.55. The number of anilines is 1. The zero-order valence-electron chi connectivity index (χ0n) is 16.3. The number of rotatable bonds is 5. The van der Waals surface area contributed by atoms with E-state index in [2.05, 4.69) is 10.3 Å². The molecule has 1 aliphatic heterocycles. The minimum Gasteiger partial charge on any atom is -0.379 e. The van der Waals surface area contributed by atoms with E-state index in [1.165, 1.54) is 28.6 Å². The monoisotopic (exact) mass is 499 g/mol. The number of nitrogens with zero attached hydrogens (tertiary/aromatic N) is 2. The first-order valence-electron chi connectivity index (χ1n) is 9.35. The van der Waals surface area contributed by atoms with Gasteiger partial charge in [-0.05, 0) is 36.4 Å². The quantitative estimate of drug-likeness (QED) is 0.573. The van der Waals surface area contributed by atoms with Crippen LogP contribution >= 0.6 is 22.9 Å². The zero-order chi connectivity index (χ0) is 22.9. The fourth-order valence-electron chi connectivity index (χ4n) is 3.06. The molecule has 0 unspecified atom stereocenters. The van der Waals surface area contributed by atoms with Crippen molar-refractivity contribution >= 4 is 44.0 Å². The molecule has 1 aliphatic rings. The molecule has 1 amide bonds. The van der Waals surface area contributed by atoms with E-state index in [4.69, 9.17) is 16.3 Å². The number of benzene rings is 2. The van der Waals surface area contributed by atoms with Crippen LogP contribution in [0.1, 0.15) is 10.4 Å². The van der Waals surface area contributed by atoms with Gasteiger partial charge < -0.3 is 4.74 Å². The number of ether oxygens (including phenoxy) is 1. The van der Waals surface area contributed by atoms with Crippen LogP contribution in [0.25, 0.3) is 11.3 Å². The van der Waals surface area contributed by atoms with Gasteiger partial charge in [0.15, 0.2) is 16.8 Å². The maximum absolute atomic E-state index is 13.5. The number of carbonyl (C=O) groups is 1. The summed E-state index contributed by atoms with van der Waals surface area (Å²) in [5, 5.41) is 4.39. The molecule has 4 rings (SSSR count). The normalized spacial score (nSPS) is 15.0. The van der Waals surface area contributed by atoms with Crippen LogP contribution in [0.15, 0.2) is 46.7 Å². The second kappa shape index (κ2) is 9.20. The fraction of sp³-hybridized carbons (Fsp3) is 0.200. The van der Waals surface area contributed by atoms with E-state index in [-0.39, 0.29) is 33.7 Å². The molecule has 1 N–H and O–H groups in total. The van der Waals surface area contributed by atoms with Gasteiger partial charge in [-0.1, -0.05) is 11.6 Å². The van der Waals surface area contributed by atoms with E-state index in [1.807, 2.05) is 0 Å². The largest absolute Gasteiger partial charge is 0.379 e. The molecular formula is C20H16ClF2N3O4S2. The standard InChI is InChI=1S/C20H16ClF2N3O4S2/c21-15-3-2-13(32(28,29)26-5-7-30-8-6-26)10-14(15)19(27)25-20-24-18(11-31-20)12-1-4-16(22)17(23)9-12/h1-4,9-11H,5-8H2,(H,24,25,27). The van der Waals surface area contributed by atoms with Crippen molar-refractivity contribution in [3.05, 3.63) is 64.0 Å². The summed E-state index contributed by atoms with van der Waals surface area (Å²) in [7, 11) is -3.81. The molecule has 1 aromatic heterocycles. The van der Waals surface area contributed by atoms with Crippen LogP contribution in [-0.4, -0.2) is 49.9 Å². The molecule has 3 aromatic rings. The molecule has 0 bridgehead atoms. The number of carbonyl (C=O) groups excluding carboxylic acids is 1. The molecule has 7 nitrogen and oxygen atoms in total. The molecule has 1 fully saturated rings. The highest BCUT2D eigenvalue weighted by atomic mass is 35.5. The Morgan fingerprint density at radius 1 is 1.12 bits per heavy atom. The topological polar surface area (TPSA) is 88.6 Å². The number of aromatic nitrogens is 1. The number of morpholine rings is 1. The second-order valence-electron chi connectivity index (χ2n) is 6.78. The Morgan fingerprint density at radius 2 is 1.88 bits per heavy atom. The van der Waals surface area contributed by atoms with Gasteiger partial charge in [-0.15, -0.1) is 11.3 Å². The predicted molar refractivity (Wildman–Crippen MR) is 116 cm³/mol. The van der Waals surface area contributed by atoms with E-state index in [0.29, 0.717) is 24.5 Å². The van der Waals surface area contributed by atoms with E-state index >= 15 is 0 Å². The zero-order valence-corrected chi connectivity index (χ0v) is 18.7. The van der Waals surface area contributed by atoms with E-state index < -0.39 is 27.6 Å². The van der Waals surface area contributed by atoms with Crippen molar-refractivity contribution in [2.45, 2.75) is 4.90 Å². The average molecular weight is 500 g/mol. The predicted octanol–water partition coefficient (Wildman–Crippen LogP) is 4.01. The SMILES string of the molecule is O=C(Nc1nc(-c2ccc(F)c(F)c2)cs1)c1cc(S(=O)(=O)N2CCOCC2)ccc1Cl. The van der Waals surface area contributed by atoms with Gasteiger partial charge in [0, 0.05) is 24.0 Å². The molecule has 0 atom stereocenters. The maximum Gasteiger partial charge on any atom is 0.259 e. The van der Waals surface area contributed by atoms with Gasteiger partial charge in [-0.25, -0.2) is 22.2 Å². The van der Waals surface area contributed by atoms with Crippen LogP contribution in [0.2, 0.25) is 5.02 Å². The van der Waals surface area contributed by atoms with E-state index in [9.17, 15) is 22.0 Å². The second-order valence-corrected chi connectivity index (χ2v) is 9.98. The summed E-state index contributed by atoms with van der Waals surface area (Å²) in [6.45, 7) is 1.03. The highest BCUT2D eigenvalue weighted by molar-refractivity contribution is 7.89. The molecule has 0 aliphatic carbocycles. The molecule has 32 heavy (non-hydrogen) atoms. The molecule has 0 radical (unpaired) electrons. The van der Waals surface area contributed by atoms with Gasteiger partial charge in [-0.3, -0.25) is 10.1 Å². The van der Waals surface area contributed by atoms with Crippen LogP contribution in [0.4, 0.5) is 13.9 Å². The third-order valence-corrected chi connectivity index (χ3v) is 7.71. The number of hydrogen-bond acceptors (Lipinski definition) is 6. The van der Waals surface area contributed by atoms with Gasteiger partial charge in [0.25, 0.3) is 5.91 Å². The molecule has 168 valence electrons. The first kappa shape index (κ1) is 22.7. The molecule has 2 aromatic carbocycles. The van der Waals surface area contributed by atoms with Crippen LogP contribution in [0, 0.1) is 11.6 Å². The summed E-state index contributed by atoms with van der Waals surface area (Å²) in [6.07, 6.45) is 0. The lowest BCUT2D eigenvalue weighted by molar-refractivity contribution is 0.0730. The van der Waals surface area contributed by atoms with Gasteiger partial charge in [0.05, 0.1) is 34.4 Å². The number of sulfonamides is 1. The molecule has 2 heterocycles. The summed E-state index contributed by atoms with van der Waals surface area (Å²) in [6, 6.07) is 7.27. The number of halogens is 3. The number of hydrogen-bond donors (Lipinski definition) is 1. The minimum absolute atomic E-state index is 0.0365. The van der Waals surface area contributed by atoms with Gasteiger partial charge in [0.1, 0.15) is 0 Å². The molecule has 1 saturated heterocycles. The highest BCUT2D eigenvalue weighted by Crippen LogP contribution is 2.28. The third kappa shape index (κ3) is 4.66. The van der Waals surface area contributed by atoms with Crippen molar-refractivity contribution in [3.8, 4) is 11.3 Å². The lowest BCUT2D eigenvalue weighted by atomic mass is 10.2. The number of amides is 1. The van der Waals surface area contributed by atoms with Crippen molar-refractivity contribution < 1.29 is 26.7 Å². The van der Waals surface area contributed by atoms with Crippen molar-refractivity contribution in [2.24, 2.45) is 0 Å². The Labute approximate surface area is 191 Å². The van der Waals surface area contributed by atoms with Crippen LogP contribution < -0.4 is 5.32 Å². The summed E-state index contributed by atoms with van der Waals surface area (Å²) >= 11 is 7.22. The summed E-state index contributed by atoms with van der Waals surface area (Å²) in [5.41, 5.74) is 0.654. The lowest BCUT2D eigenvalue weighted by Crippen LogP contribution is -2.40. The fourth-order valence-corrected chi connectivity index (χ4v) is 5.41. The minimum atomic E-state index is -3.81. The Morgan fingerprint density at radius 3 is 2.59 bits per heavy atom. The number of thiazole rings is 1. The Bertz CT molecular complexity index is 1280. The smallest absolute Gasteiger partial charge is 0.259 e. The van der Waals surface area contributed by atoms with Crippen molar-refractivity contribution in [2.75, 3.05) is 31.6 Å². The van der Waals surface area contributed by atoms with E-state index in [1.54, 1.807) is 5.38 Å². The van der Waals surface area contributed by atoms with Crippen molar-refractivity contribution in [3.63, 3.8) is 0 Å². The first-order valence-corrected chi connectivity index (χ1v) is 12.1. The van der Waals surface area contributed by atoms with Gasteiger partial charge in [0.2, 0.25) is 10.0 Å². The molecular weight excluding hydrogens is 484 g/mol. The molecule has 0 spiro atoms. The van der Waals surface area contributed by atoms with E-state index in [0.717, 1.165) is 23.5 Å². The summed E-state index contributed by atoms with van der Waals surface area (Å²) in [5.74, 6) is -2.63. The van der Waals surface area contributed by atoms with Gasteiger partial charge in [-0.2, -0.15) is 4.31 Å². The van der Waals surface area contributed by atoms with Crippen molar-refractivity contribution in [1.29, 1.82) is 0 Å². The Hall–Kier alpha value is -2.44. The van der Waals surface area contributed by atoms with Crippen LogP contribution in [-0.2, 0) is 14.8 Å². The molecule has 12 heteroatoms. The summed E-state index contributed by atoms with van der Waals surface area (Å²) in [4.78, 5) is 16.9. The van der Waals surface area contributed by atoms with Gasteiger partial charge >= 0.3 is 0 Å². The van der Waals surface area contributed by atoms with Crippen molar-refractivity contribution in [1.82, 2.24) is 9.29 Å². The lowest BCUT2D eigenvalue weighted by Gasteiger charge is -2.26. The van der Waals surface area contributed by atoms with Crippen LogP contribution in [0.5, 0.6) is 0 Å².